The Morgan fingerprint density at radius 1 is 1.24 bits per heavy atom. The Labute approximate surface area is 105 Å². The number of hydrogen-bond acceptors (Lipinski definition) is 3. The SMILES string of the molecule is O=C1CCCC(O)=C1C(=S)Nc1ccccc1. The third kappa shape index (κ3) is 2.71. The zero-order chi connectivity index (χ0) is 12.3. The van der Waals surface area contributed by atoms with Crippen LogP contribution in [0.25, 0.3) is 0 Å². The number of aliphatic hydroxyl groups excluding tert-OH is 1. The molecule has 0 amide bonds. The van der Waals surface area contributed by atoms with Crippen LogP contribution in [0.4, 0.5) is 5.69 Å². The average Bonchev–Trinajstić information content (AvgIpc) is 2.30. The topological polar surface area (TPSA) is 49.3 Å². The molecular formula is C13H13NO2S. The van der Waals surface area contributed by atoms with Gasteiger partial charge in [-0.2, -0.15) is 0 Å². The minimum absolute atomic E-state index is 0.0813. The number of para-hydroxylation sites is 1. The molecule has 17 heavy (non-hydrogen) atoms. The van der Waals surface area contributed by atoms with E-state index in [1.54, 1.807) is 0 Å². The van der Waals surface area contributed by atoms with E-state index in [2.05, 4.69) is 5.32 Å². The predicted molar refractivity (Wildman–Crippen MR) is 71.2 cm³/mol. The Balaban J connectivity index is 2.18. The van der Waals surface area contributed by atoms with E-state index in [1.807, 2.05) is 30.3 Å². The second kappa shape index (κ2) is 5.10. The number of nitrogens with one attached hydrogen (secondary N) is 1. The van der Waals surface area contributed by atoms with Crippen LogP contribution in [-0.2, 0) is 4.79 Å². The Hall–Kier alpha value is -1.68. The number of anilines is 1. The van der Waals surface area contributed by atoms with Crippen molar-refractivity contribution >= 4 is 28.7 Å². The number of ketones is 1. The van der Waals surface area contributed by atoms with Gasteiger partial charge in [-0.1, -0.05) is 30.4 Å². The number of hydrogen-bond donors (Lipinski definition) is 2. The van der Waals surface area contributed by atoms with Crippen molar-refractivity contribution < 1.29 is 9.90 Å². The number of thiocarbonyl (C=S) groups is 1. The average molecular weight is 247 g/mol. The quantitative estimate of drug-likeness (QED) is 0.789. The molecule has 0 saturated heterocycles. The lowest BCUT2D eigenvalue weighted by atomic mass is 9.96. The molecule has 1 aromatic carbocycles. The molecule has 4 heteroatoms. The van der Waals surface area contributed by atoms with Crippen molar-refractivity contribution in [3.05, 3.63) is 41.7 Å². The van der Waals surface area contributed by atoms with Crippen LogP contribution in [-0.4, -0.2) is 15.9 Å². The van der Waals surface area contributed by atoms with Gasteiger partial charge in [-0.3, -0.25) is 4.79 Å². The summed E-state index contributed by atoms with van der Waals surface area (Å²) >= 11 is 5.16. The molecule has 2 N–H and O–H groups in total. The molecule has 1 aromatic rings. The fraction of sp³-hybridized carbons (Fsp3) is 0.231. The molecule has 0 aliphatic heterocycles. The van der Waals surface area contributed by atoms with Gasteiger partial charge in [0.05, 0.1) is 5.57 Å². The number of benzene rings is 1. The van der Waals surface area contributed by atoms with Crippen molar-refractivity contribution in [2.45, 2.75) is 19.3 Å². The smallest absolute Gasteiger partial charge is 0.169 e. The Morgan fingerprint density at radius 3 is 2.59 bits per heavy atom. The maximum atomic E-state index is 11.7. The molecule has 2 rings (SSSR count). The summed E-state index contributed by atoms with van der Waals surface area (Å²) in [4.78, 5) is 12.0. The summed E-state index contributed by atoms with van der Waals surface area (Å²) in [6.07, 6.45) is 1.68. The van der Waals surface area contributed by atoms with Gasteiger partial charge in [0.2, 0.25) is 0 Å². The Morgan fingerprint density at radius 2 is 1.94 bits per heavy atom. The van der Waals surface area contributed by atoms with E-state index in [9.17, 15) is 9.90 Å². The Bertz CT molecular complexity index is 479. The van der Waals surface area contributed by atoms with Crippen LogP contribution < -0.4 is 5.32 Å². The third-order valence-electron chi connectivity index (χ3n) is 2.64. The second-order valence-electron chi connectivity index (χ2n) is 3.92. The number of carbonyl (C=O) groups is 1. The van der Waals surface area contributed by atoms with Crippen LogP contribution in [0, 0.1) is 0 Å². The fourth-order valence-electron chi connectivity index (χ4n) is 1.80. The first kappa shape index (κ1) is 11.8. The molecule has 0 heterocycles. The second-order valence-corrected chi connectivity index (χ2v) is 4.33. The number of carbonyl (C=O) groups excluding carboxylic acids is 1. The van der Waals surface area contributed by atoms with Gasteiger partial charge in [0.15, 0.2) is 5.78 Å². The molecular weight excluding hydrogens is 234 g/mol. The maximum Gasteiger partial charge on any atom is 0.169 e. The van der Waals surface area contributed by atoms with E-state index in [0.29, 0.717) is 24.3 Å². The summed E-state index contributed by atoms with van der Waals surface area (Å²) in [5, 5.41) is 12.7. The van der Waals surface area contributed by atoms with Gasteiger partial charge in [0.25, 0.3) is 0 Å². The molecule has 0 spiro atoms. The van der Waals surface area contributed by atoms with E-state index in [-0.39, 0.29) is 17.1 Å². The van der Waals surface area contributed by atoms with E-state index < -0.39 is 0 Å². The first-order chi connectivity index (χ1) is 8.18. The van der Waals surface area contributed by atoms with Gasteiger partial charge in [-0.15, -0.1) is 0 Å². The fourth-order valence-corrected chi connectivity index (χ4v) is 2.15. The number of allylic oxidation sites excluding steroid dienone is 1. The van der Waals surface area contributed by atoms with Crippen molar-refractivity contribution in [2.24, 2.45) is 0 Å². The first-order valence-corrected chi connectivity index (χ1v) is 5.91. The van der Waals surface area contributed by atoms with Gasteiger partial charge in [-0.25, -0.2) is 0 Å². The monoisotopic (exact) mass is 247 g/mol. The Kier molecular flexibility index (Phi) is 3.54. The number of Topliss-reactive ketones (excluding diaryl/α,β-unsaturated/α-hetero) is 1. The summed E-state index contributed by atoms with van der Waals surface area (Å²) < 4.78 is 0. The van der Waals surface area contributed by atoms with E-state index in [1.165, 1.54) is 0 Å². The van der Waals surface area contributed by atoms with Crippen LogP contribution in [0.5, 0.6) is 0 Å². The molecule has 0 atom stereocenters. The molecule has 0 fully saturated rings. The highest BCUT2D eigenvalue weighted by Crippen LogP contribution is 2.22. The summed E-state index contributed by atoms with van der Waals surface area (Å²) in [5.41, 5.74) is 1.09. The third-order valence-corrected chi connectivity index (χ3v) is 2.95. The van der Waals surface area contributed by atoms with Crippen LogP contribution in [0.1, 0.15) is 19.3 Å². The van der Waals surface area contributed by atoms with Gasteiger partial charge < -0.3 is 10.4 Å². The predicted octanol–water partition coefficient (Wildman–Crippen LogP) is 2.99. The van der Waals surface area contributed by atoms with Crippen molar-refractivity contribution in [3.8, 4) is 0 Å². The minimum atomic E-state index is -0.0813. The highest BCUT2D eigenvalue weighted by Gasteiger charge is 2.23. The number of aliphatic hydroxyl groups is 1. The standard InChI is InChI=1S/C13H13NO2S/c15-10-7-4-8-11(16)12(10)13(17)14-9-5-2-1-3-6-9/h1-3,5-6,15H,4,7-8H2,(H,14,17). The lowest BCUT2D eigenvalue weighted by Crippen LogP contribution is -2.23. The lowest BCUT2D eigenvalue weighted by molar-refractivity contribution is -0.115. The lowest BCUT2D eigenvalue weighted by Gasteiger charge is -2.16. The van der Waals surface area contributed by atoms with Crippen LogP contribution in [0.3, 0.4) is 0 Å². The highest BCUT2D eigenvalue weighted by atomic mass is 32.1. The van der Waals surface area contributed by atoms with E-state index in [0.717, 1.165) is 5.69 Å². The summed E-state index contributed by atoms with van der Waals surface area (Å²) in [6, 6.07) is 9.37. The normalized spacial score (nSPS) is 15.9. The first-order valence-electron chi connectivity index (χ1n) is 5.50. The molecule has 88 valence electrons. The molecule has 0 saturated carbocycles. The van der Waals surface area contributed by atoms with Gasteiger partial charge in [0, 0.05) is 18.5 Å². The molecule has 0 radical (unpaired) electrons. The maximum absolute atomic E-state index is 11.7. The zero-order valence-corrected chi connectivity index (χ0v) is 10.1. The molecule has 1 aliphatic carbocycles. The molecule has 0 aromatic heterocycles. The van der Waals surface area contributed by atoms with Crippen LogP contribution >= 0.6 is 12.2 Å². The van der Waals surface area contributed by atoms with E-state index in [4.69, 9.17) is 12.2 Å². The van der Waals surface area contributed by atoms with E-state index >= 15 is 0 Å². The van der Waals surface area contributed by atoms with Gasteiger partial charge in [-0.05, 0) is 18.6 Å². The van der Waals surface area contributed by atoms with Crippen molar-refractivity contribution in [1.29, 1.82) is 0 Å². The molecule has 3 nitrogen and oxygen atoms in total. The molecule has 0 bridgehead atoms. The summed E-state index contributed by atoms with van der Waals surface area (Å²) in [5.74, 6) is 0.0249. The van der Waals surface area contributed by atoms with Crippen LogP contribution in [0.2, 0.25) is 0 Å². The minimum Gasteiger partial charge on any atom is -0.511 e. The van der Waals surface area contributed by atoms with Crippen molar-refractivity contribution in [2.75, 3.05) is 5.32 Å². The highest BCUT2D eigenvalue weighted by molar-refractivity contribution is 7.81. The molecule has 0 unspecified atom stereocenters. The van der Waals surface area contributed by atoms with Crippen molar-refractivity contribution in [3.63, 3.8) is 0 Å². The van der Waals surface area contributed by atoms with Crippen LogP contribution in [0.15, 0.2) is 41.7 Å². The van der Waals surface area contributed by atoms with Crippen molar-refractivity contribution in [1.82, 2.24) is 0 Å². The zero-order valence-electron chi connectivity index (χ0n) is 9.27. The largest absolute Gasteiger partial charge is 0.511 e. The summed E-state index contributed by atoms with van der Waals surface area (Å²) in [7, 11) is 0. The summed E-state index contributed by atoms with van der Waals surface area (Å²) in [6.45, 7) is 0. The molecule has 1 aliphatic rings. The van der Waals surface area contributed by atoms with Gasteiger partial charge >= 0.3 is 0 Å². The number of rotatable bonds is 2. The van der Waals surface area contributed by atoms with Gasteiger partial charge in [0.1, 0.15) is 10.7 Å².